The van der Waals surface area contributed by atoms with Gasteiger partial charge in [0.25, 0.3) is 0 Å². The van der Waals surface area contributed by atoms with Gasteiger partial charge in [-0.15, -0.1) is 0 Å². The highest BCUT2D eigenvalue weighted by atomic mass is 15.2. The number of piperazine rings is 1. The van der Waals surface area contributed by atoms with Gasteiger partial charge in [-0.05, 0) is 25.5 Å². The largest absolute Gasteiger partial charge is 0.312 e. The topological polar surface area (TPSA) is 28.2 Å². The van der Waals surface area contributed by atoms with Crippen LogP contribution in [0.25, 0.3) is 0 Å². The van der Waals surface area contributed by atoms with Gasteiger partial charge in [-0.3, -0.25) is 9.88 Å². The van der Waals surface area contributed by atoms with Gasteiger partial charge in [0, 0.05) is 44.1 Å². The quantitative estimate of drug-likeness (QED) is 0.786. The van der Waals surface area contributed by atoms with Crippen LogP contribution in [0.4, 0.5) is 0 Å². The average molecular weight is 205 g/mol. The van der Waals surface area contributed by atoms with E-state index in [1.54, 1.807) is 0 Å². The molecule has 1 aliphatic rings. The van der Waals surface area contributed by atoms with E-state index in [9.17, 15) is 0 Å². The van der Waals surface area contributed by atoms with E-state index in [1.165, 1.54) is 5.56 Å². The summed E-state index contributed by atoms with van der Waals surface area (Å²) in [6.07, 6.45) is 1.99. The maximum Gasteiger partial charge on any atom is 0.0372 e. The Balaban J connectivity index is 1.93. The summed E-state index contributed by atoms with van der Waals surface area (Å²) < 4.78 is 0. The molecular formula is C12H19N3. The molecule has 0 bridgehead atoms. The minimum atomic E-state index is 0.608. The monoisotopic (exact) mass is 205 g/mol. The molecule has 0 spiro atoms. The van der Waals surface area contributed by atoms with Crippen LogP contribution in [-0.2, 0) is 6.54 Å². The number of nitrogens with one attached hydrogen (secondary N) is 1. The first-order valence-electron chi connectivity index (χ1n) is 5.61. The van der Waals surface area contributed by atoms with Crippen molar-refractivity contribution in [3.8, 4) is 0 Å². The minimum Gasteiger partial charge on any atom is -0.312 e. The lowest BCUT2D eigenvalue weighted by molar-refractivity contribution is 0.199. The van der Waals surface area contributed by atoms with E-state index in [0.717, 1.165) is 31.9 Å². The van der Waals surface area contributed by atoms with Crippen molar-refractivity contribution >= 4 is 0 Å². The summed E-state index contributed by atoms with van der Waals surface area (Å²) in [7, 11) is 0. The molecule has 2 heterocycles. The molecule has 0 aromatic carbocycles. The second kappa shape index (κ2) is 4.73. The summed E-state index contributed by atoms with van der Waals surface area (Å²) in [5.74, 6) is 0. The highest BCUT2D eigenvalue weighted by Crippen LogP contribution is 2.07. The van der Waals surface area contributed by atoms with Gasteiger partial charge in [-0.2, -0.15) is 0 Å². The molecule has 1 aliphatic heterocycles. The molecule has 0 amide bonds. The molecule has 3 nitrogen and oxygen atoms in total. The lowest BCUT2D eigenvalue weighted by atomic mass is 10.2. The fraction of sp³-hybridized carbons (Fsp3) is 0.583. The molecule has 1 aromatic heterocycles. The molecule has 1 saturated heterocycles. The van der Waals surface area contributed by atoms with Crippen molar-refractivity contribution in [2.75, 3.05) is 19.6 Å². The van der Waals surface area contributed by atoms with Crippen LogP contribution in [-0.4, -0.2) is 35.6 Å². The molecule has 1 atom stereocenters. The van der Waals surface area contributed by atoms with E-state index in [-0.39, 0.29) is 0 Å². The normalized spacial score (nSPS) is 22.9. The SMILES string of the molecule is Cc1ccc(CN2CCN[C@H](C)C2)cn1. The zero-order valence-corrected chi connectivity index (χ0v) is 9.53. The second-order valence-electron chi connectivity index (χ2n) is 4.40. The van der Waals surface area contributed by atoms with Crippen LogP contribution in [0.1, 0.15) is 18.2 Å². The van der Waals surface area contributed by atoms with Gasteiger partial charge < -0.3 is 5.32 Å². The van der Waals surface area contributed by atoms with E-state index in [2.05, 4.69) is 34.3 Å². The summed E-state index contributed by atoms with van der Waals surface area (Å²) in [5.41, 5.74) is 2.40. The predicted octanol–water partition coefficient (Wildman–Crippen LogP) is 1.18. The van der Waals surface area contributed by atoms with Gasteiger partial charge in [0.05, 0.1) is 0 Å². The van der Waals surface area contributed by atoms with Crippen LogP contribution in [0.15, 0.2) is 18.3 Å². The van der Waals surface area contributed by atoms with Crippen molar-refractivity contribution in [3.05, 3.63) is 29.6 Å². The fourth-order valence-electron chi connectivity index (χ4n) is 2.01. The third-order valence-electron chi connectivity index (χ3n) is 2.83. The summed E-state index contributed by atoms with van der Waals surface area (Å²) in [6, 6.07) is 4.87. The van der Waals surface area contributed by atoms with Crippen LogP contribution < -0.4 is 5.32 Å². The molecule has 3 heteroatoms. The van der Waals surface area contributed by atoms with E-state index in [0.29, 0.717) is 6.04 Å². The number of hydrogen-bond donors (Lipinski definition) is 1. The van der Waals surface area contributed by atoms with Gasteiger partial charge in [0.1, 0.15) is 0 Å². The highest BCUT2D eigenvalue weighted by molar-refractivity contribution is 5.13. The van der Waals surface area contributed by atoms with Crippen LogP contribution in [0.3, 0.4) is 0 Å². The first-order valence-corrected chi connectivity index (χ1v) is 5.61. The number of aryl methyl sites for hydroxylation is 1. The molecule has 0 saturated carbocycles. The third kappa shape index (κ3) is 3.01. The predicted molar refractivity (Wildman–Crippen MR) is 61.7 cm³/mol. The highest BCUT2D eigenvalue weighted by Gasteiger charge is 2.15. The molecule has 2 rings (SSSR count). The second-order valence-corrected chi connectivity index (χ2v) is 4.40. The molecule has 0 radical (unpaired) electrons. The van der Waals surface area contributed by atoms with Crippen molar-refractivity contribution in [1.82, 2.24) is 15.2 Å². The molecule has 0 aliphatic carbocycles. The average Bonchev–Trinajstić information content (AvgIpc) is 2.22. The van der Waals surface area contributed by atoms with Crippen molar-refractivity contribution in [1.29, 1.82) is 0 Å². The Labute approximate surface area is 91.5 Å². The van der Waals surface area contributed by atoms with Gasteiger partial charge >= 0.3 is 0 Å². The molecule has 82 valence electrons. The number of hydrogen-bond acceptors (Lipinski definition) is 3. The number of aromatic nitrogens is 1. The maximum atomic E-state index is 4.32. The molecule has 0 unspecified atom stereocenters. The van der Waals surface area contributed by atoms with E-state index in [4.69, 9.17) is 0 Å². The Kier molecular flexibility index (Phi) is 3.34. The molecular weight excluding hydrogens is 186 g/mol. The molecule has 1 aromatic rings. The lowest BCUT2D eigenvalue weighted by Crippen LogP contribution is -2.48. The first kappa shape index (κ1) is 10.6. The number of pyridine rings is 1. The Morgan fingerprint density at radius 1 is 1.53 bits per heavy atom. The Morgan fingerprint density at radius 2 is 2.40 bits per heavy atom. The van der Waals surface area contributed by atoms with E-state index < -0.39 is 0 Å². The van der Waals surface area contributed by atoms with Gasteiger partial charge in [-0.25, -0.2) is 0 Å². The Morgan fingerprint density at radius 3 is 3.07 bits per heavy atom. The van der Waals surface area contributed by atoms with Gasteiger partial charge in [0.2, 0.25) is 0 Å². The summed E-state index contributed by atoms with van der Waals surface area (Å²) in [6.45, 7) is 8.65. The summed E-state index contributed by atoms with van der Waals surface area (Å²) in [5, 5.41) is 3.45. The van der Waals surface area contributed by atoms with E-state index >= 15 is 0 Å². The van der Waals surface area contributed by atoms with Crippen molar-refractivity contribution in [2.45, 2.75) is 26.4 Å². The Bertz CT molecular complexity index is 307. The Hall–Kier alpha value is -0.930. The number of rotatable bonds is 2. The molecule has 1 fully saturated rings. The van der Waals surface area contributed by atoms with Gasteiger partial charge in [-0.1, -0.05) is 6.07 Å². The fourth-order valence-corrected chi connectivity index (χ4v) is 2.01. The standard InChI is InChI=1S/C12H19N3/c1-10-3-4-12(7-14-10)9-15-6-5-13-11(2)8-15/h3-4,7,11,13H,5-6,8-9H2,1-2H3/t11-/m1/s1. The molecule has 1 N–H and O–H groups in total. The van der Waals surface area contributed by atoms with E-state index in [1.807, 2.05) is 13.1 Å². The van der Waals surface area contributed by atoms with Crippen LogP contribution >= 0.6 is 0 Å². The molecule has 15 heavy (non-hydrogen) atoms. The summed E-state index contributed by atoms with van der Waals surface area (Å²) in [4.78, 5) is 6.80. The smallest absolute Gasteiger partial charge is 0.0372 e. The minimum absolute atomic E-state index is 0.608. The third-order valence-corrected chi connectivity index (χ3v) is 2.83. The van der Waals surface area contributed by atoms with Crippen molar-refractivity contribution in [3.63, 3.8) is 0 Å². The van der Waals surface area contributed by atoms with Crippen LogP contribution in [0.5, 0.6) is 0 Å². The van der Waals surface area contributed by atoms with Crippen molar-refractivity contribution in [2.24, 2.45) is 0 Å². The zero-order chi connectivity index (χ0) is 10.7. The van der Waals surface area contributed by atoms with Gasteiger partial charge in [0.15, 0.2) is 0 Å². The van der Waals surface area contributed by atoms with Crippen LogP contribution in [0, 0.1) is 6.92 Å². The maximum absolute atomic E-state index is 4.32. The van der Waals surface area contributed by atoms with Crippen LogP contribution in [0.2, 0.25) is 0 Å². The zero-order valence-electron chi connectivity index (χ0n) is 9.53. The lowest BCUT2D eigenvalue weighted by Gasteiger charge is -2.31. The van der Waals surface area contributed by atoms with Crippen molar-refractivity contribution < 1.29 is 0 Å². The first-order chi connectivity index (χ1) is 7.24. The number of nitrogens with zero attached hydrogens (tertiary/aromatic N) is 2. The summed E-state index contributed by atoms with van der Waals surface area (Å²) >= 11 is 0.